The third kappa shape index (κ3) is 8.09. The van der Waals surface area contributed by atoms with Crippen molar-refractivity contribution >= 4 is 23.5 Å². The number of alkyl halides is 3. The fraction of sp³-hybridized carbons (Fsp3) is 0.130. The number of hydrogen-bond acceptors (Lipinski definition) is 4. The van der Waals surface area contributed by atoms with E-state index in [0.717, 1.165) is 18.4 Å². The Morgan fingerprint density at radius 1 is 0.879 bits per heavy atom. The Morgan fingerprint density at radius 3 is 2.06 bits per heavy atom. The fourth-order valence-corrected chi connectivity index (χ4v) is 2.66. The topological polar surface area (TPSA) is 117 Å². The molecule has 7 nitrogen and oxygen atoms in total. The van der Waals surface area contributed by atoms with Gasteiger partial charge < -0.3 is 15.5 Å². The number of amides is 1. The molecular weight excluding hydrogens is 441 g/mol. The summed E-state index contributed by atoms with van der Waals surface area (Å²) in [6.07, 6.45) is -0.485. The molecule has 10 heteroatoms. The number of aryl methyl sites for hydroxylation is 2. The Balaban J connectivity index is 0.000000479. The van der Waals surface area contributed by atoms with Crippen LogP contribution < -0.4 is 5.32 Å². The molecule has 0 spiro atoms. The first-order valence-electron chi connectivity index (χ1n) is 9.49. The van der Waals surface area contributed by atoms with Gasteiger partial charge in [0.05, 0.1) is 16.8 Å². The minimum atomic E-state index is -5.08. The molecule has 1 aromatic heterocycles. The lowest BCUT2D eigenvalue weighted by molar-refractivity contribution is -0.192. The smallest absolute Gasteiger partial charge is 0.478 e. The standard InChI is InChI=1S/C21H18N2O3.C2HF3O2/c24-20(17-7-4-12-22-14-17)23-19-13-16(10-11-18(19)21(25)26)9-8-15-5-2-1-3-6-15;3-2(4,5)1(6)7/h1-7,10-14H,8-9H2,(H,23,24)(H,25,26);(H,6,7). The molecule has 1 heterocycles. The minimum Gasteiger partial charge on any atom is -0.478 e. The third-order valence-corrected chi connectivity index (χ3v) is 4.27. The molecule has 3 N–H and O–H groups in total. The van der Waals surface area contributed by atoms with Crippen LogP contribution in [0.1, 0.15) is 31.8 Å². The van der Waals surface area contributed by atoms with E-state index < -0.39 is 18.1 Å². The highest BCUT2D eigenvalue weighted by atomic mass is 19.4. The number of pyridine rings is 1. The number of hydrogen-bond donors (Lipinski definition) is 3. The van der Waals surface area contributed by atoms with Gasteiger partial charge in [0.1, 0.15) is 0 Å². The van der Waals surface area contributed by atoms with Crippen LogP contribution in [-0.4, -0.2) is 39.2 Å². The summed E-state index contributed by atoms with van der Waals surface area (Å²) in [5.74, 6) is -4.23. The molecule has 2 aromatic carbocycles. The molecular formula is C23H19F3N2O5. The molecule has 0 aliphatic rings. The van der Waals surface area contributed by atoms with Crippen molar-refractivity contribution < 1.29 is 37.8 Å². The molecule has 0 bridgehead atoms. The Morgan fingerprint density at radius 2 is 1.52 bits per heavy atom. The molecule has 3 aromatic rings. The molecule has 0 saturated carbocycles. The zero-order valence-electron chi connectivity index (χ0n) is 17.0. The van der Waals surface area contributed by atoms with E-state index in [2.05, 4.69) is 22.4 Å². The molecule has 0 atom stereocenters. The Bertz CT molecular complexity index is 1100. The number of aromatic carboxylic acids is 1. The summed E-state index contributed by atoms with van der Waals surface area (Å²) in [6, 6.07) is 18.4. The maximum atomic E-state index is 12.3. The van der Waals surface area contributed by atoms with Gasteiger partial charge in [0.2, 0.25) is 0 Å². The third-order valence-electron chi connectivity index (χ3n) is 4.27. The second-order valence-electron chi connectivity index (χ2n) is 6.67. The number of carbonyl (C=O) groups excluding carboxylic acids is 1. The van der Waals surface area contributed by atoms with E-state index in [0.29, 0.717) is 5.56 Å². The lowest BCUT2D eigenvalue weighted by atomic mass is 10.0. The molecule has 0 saturated heterocycles. The van der Waals surface area contributed by atoms with Gasteiger partial charge >= 0.3 is 18.1 Å². The van der Waals surface area contributed by atoms with Gasteiger partial charge in [0.15, 0.2) is 0 Å². The van der Waals surface area contributed by atoms with E-state index in [-0.39, 0.29) is 17.2 Å². The normalized spacial score (nSPS) is 10.5. The van der Waals surface area contributed by atoms with Crippen molar-refractivity contribution in [2.24, 2.45) is 0 Å². The number of nitrogens with zero attached hydrogens (tertiary/aromatic N) is 1. The first-order chi connectivity index (χ1) is 15.6. The van der Waals surface area contributed by atoms with E-state index in [9.17, 15) is 27.9 Å². The summed E-state index contributed by atoms with van der Waals surface area (Å²) < 4.78 is 31.7. The maximum absolute atomic E-state index is 12.3. The zero-order chi connectivity index (χ0) is 24.4. The fourth-order valence-electron chi connectivity index (χ4n) is 2.66. The highest BCUT2D eigenvalue weighted by molar-refractivity contribution is 6.07. The van der Waals surface area contributed by atoms with Gasteiger partial charge in [0, 0.05) is 12.4 Å². The number of aliphatic carboxylic acids is 1. The minimum absolute atomic E-state index is 0.0608. The van der Waals surface area contributed by atoms with Crippen LogP contribution in [0.5, 0.6) is 0 Å². The highest BCUT2D eigenvalue weighted by Gasteiger charge is 2.38. The second kappa shape index (κ2) is 11.4. The van der Waals surface area contributed by atoms with Crippen LogP contribution in [0.25, 0.3) is 0 Å². The molecule has 33 heavy (non-hydrogen) atoms. The molecule has 0 aliphatic heterocycles. The molecule has 1 amide bonds. The molecule has 172 valence electrons. The van der Waals surface area contributed by atoms with Gasteiger partial charge in [-0.3, -0.25) is 9.78 Å². The van der Waals surface area contributed by atoms with Crippen molar-refractivity contribution in [2.45, 2.75) is 19.0 Å². The Labute approximate surface area is 186 Å². The first-order valence-corrected chi connectivity index (χ1v) is 9.49. The van der Waals surface area contributed by atoms with Crippen LogP contribution in [-0.2, 0) is 17.6 Å². The average Bonchev–Trinajstić information content (AvgIpc) is 2.78. The van der Waals surface area contributed by atoms with Gasteiger partial charge in [0.25, 0.3) is 5.91 Å². The van der Waals surface area contributed by atoms with Crippen molar-refractivity contribution in [3.63, 3.8) is 0 Å². The maximum Gasteiger partial charge on any atom is 0.490 e. The van der Waals surface area contributed by atoms with Gasteiger partial charge in [-0.25, -0.2) is 9.59 Å². The predicted octanol–water partition coefficient (Wildman–Crippen LogP) is 4.45. The van der Waals surface area contributed by atoms with Crippen LogP contribution in [0.4, 0.5) is 18.9 Å². The van der Waals surface area contributed by atoms with Crippen molar-refractivity contribution in [3.8, 4) is 0 Å². The average molecular weight is 460 g/mol. The molecule has 3 rings (SSSR count). The van der Waals surface area contributed by atoms with Crippen molar-refractivity contribution in [1.82, 2.24) is 4.98 Å². The summed E-state index contributed by atoms with van der Waals surface area (Å²) in [4.78, 5) is 36.6. The first kappa shape index (κ1) is 25.1. The number of aromatic nitrogens is 1. The van der Waals surface area contributed by atoms with Gasteiger partial charge in [-0.15, -0.1) is 0 Å². The lowest BCUT2D eigenvalue weighted by Crippen LogP contribution is -2.21. The van der Waals surface area contributed by atoms with E-state index in [1.165, 1.54) is 17.8 Å². The molecule has 0 fully saturated rings. The van der Waals surface area contributed by atoms with Gasteiger partial charge in [-0.05, 0) is 48.2 Å². The summed E-state index contributed by atoms with van der Waals surface area (Å²) >= 11 is 0. The summed E-state index contributed by atoms with van der Waals surface area (Å²) in [5.41, 5.74) is 2.89. The molecule has 0 aliphatic carbocycles. The van der Waals surface area contributed by atoms with Crippen LogP contribution in [0.2, 0.25) is 0 Å². The highest BCUT2D eigenvalue weighted by Crippen LogP contribution is 2.20. The lowest BCUT2D eigenvalue weighted by Gasteiger charge is -2.11. The van der Waals surface area contributed by atoms with E-state index >= 15 is 0 Å². The molecule has 0 radical (unpaired) electrons. The quantitative estimate of drug-likeness (QED) is 0.501. The van der Waals surface area contributed by atoms with E-state index in [1.54, 1.807) is 30.5 Å². The van der Waals surface area contributed by atoms with Gasteiger partial charge in [-0.1, -0.05) is 36.4 Å². The second-order valence-corrected chi connectivity index (χ2v) is 6.67. The van der Waals surface area contributed by atoms with Crippen LogP contribution in [0, 0.1) is 0 Å². The van der Waals surface area contributed by atoms with Crippen molar-refractivity contribution in [2.75, 3.05) is 5.32 Å². The van der Waals surface area contributed by atoms with Crippen molar-refractivity contribution in [1.29, 1.82) is 0 Å². The number of carboxylic acids is 2. The number of nitrogens with one attached hydrogen (secondary N) is 1. The number of halogens is 3. The van der Waals surface area contributed by atoms with Crippen LogP contribution in [0.15, 0.2) is 73.1 Å². The van der Waals surface area contributed by atoms with Crippen LogP contribution in [0.3, 0.4) is 0 Å². The van der Waals surface area contributed by atoms with E-state index in [4.69, 9.17) is 9.90 Å². The SMILES string of the molecule is O=C(Nc1cc(CCc2ccccc2)ccc1C(=O)O)c1cccnc1.O=C(O)C(F)(F)F. The summed E-state index contributed by atoms with van der Waals surface area (Å²) in [6.45, 7) is 0. The van der Waals surface area contributed by atoms with E-state index in [1.807, 2.05) is 18.2 Å². The number of carboxylic acid groups (broad SMARTS) is 2. The monoisotopic (exact) mass is 460 g/mol. The Kier molecular flexibility index (Phi) is 8.67. The number of rotatable bonds is 6. The summed E-state index contributed by atoms with van der Waals surface area (Å²) in [7, 11) is 0. The van der Waals surface area contributed by atoms with Crippen molar-refractivity contribution in [3.05, 3.63) is 95.3 Å². The van der Waals surface area contributed by atoms with Crippen LogP contribution >= 0.6 is 0 Å². The summed E-state index contributed by atoms with van der Waals surface area (Å²) in [5, 5.41) is 19.2. The number of benzene rings is 2. The van der Waals surface area contributed by atoms with Gasteiger partial charge in [-0.2, -0.15) is 13.2 Å². The molecule has 0 unspecified atom stereocenters. The Hall–Kier alpha value is -4.21. The predicted molar refractivity (Wildman–Crippen MR) is 113 cm³/mol. The number of anilines is 1. The largest absolute Gasteiger partial charge is 0.490 e. The zero-order valence-corrected chi connectivity index (χ0v) is 17.0. The number of carbonyl (C=O) groups is 3.